The Morgan fingerprint density at radius 2 is 1.75 bits per heavy atom. The Morgan fingerprint density at radius 3 is 2.39 bits per heavy atom. The molecule has 1 atom stereocenters. The third kappa shape index (κ3) is 4.36. The van der Waals surface area contributed by atoms with E-state index >= 15 is 0 Å². The van der Waals surface area contributed by atoms with Gasteiger partial charge in [0.15, 0.2) is 0 Å². The van der Waals surface area contributed by atoms with Crippen molar-refractivity contribution >= 4 is 15.7 Å². The first kappa shape index (κ1) is 20.7. The maximum Gasteiger partial charge on any atom is 0.243 e. The van der Waals surface area contributed by atoms with E-state index in [1.165, 1.54) is 0 Å². The van der Waals surface area contributed by atoms with Crippen molar-refractivity contribution in [1.82, 2.24) is 4.31 Å². The smallest absolute Gasteiger partial charge is 0.243 e. The van der Waals surface area contributed by atoms with Crippen LogP contribution in [0.1, 0.15) is 43.9 Å². The van der Waals surface area contributed by atoms with Gasteiger partial charge in [-0.05, 0) is 48.9 Å². The maximum atomic E-state index is 12.9. The molecule has 2 aromatic rings. The van der Waals surface area contributed by atoms with Gasteiger partial charge in [-0.15, -0.1) is 0 Å². The van der Waals surface area contributed by atoms with Crippen LogP contribution in [0.2, 0.25) is 0 Å². The van der Waals surface area contributed by atoms with Crippen LogP contribution in [0.4, 0.5) is 0 Å². The Morgan fingerprint density at radius 1 is 1.11 bits per heavy atom. The van der Waals surface area contributed by atoms with Crippen molar-refractivity contribution < 1.29 is 8.42 Å². The molecule has 28 heavy (non-hydrogen) atoms. The predicted molar refractivity (Wildman–Crippen MR) is 114 cm³/mol. The van der Waals surface area contributed by atoms with Crippen molar-refractivity contribution in [2.75, 3.05) is 13.1 Å². The Bertz CT molecular complexity index is 957. The summed E-state index contributed by atoms with van der Waals surface area (Å²) in [6.45, 7) is 9.20. The van der Waals surface area contributed by atoms with Gasteiger partial charge in [0.2, 0.25) is 10.0 Å². The summed E-state index contributed by atoms with van der Waals surface area (Å²) in [6.07, 6.45) is 1.65. The molecule has 1 unspecified atom stereocenters. The minimum atomic E-state index is -3.44. The van der Waals surface area contributed by atoms with Gasteiger partial charge in [-0.25, -0.2) is 8.42 Å². The fourth-order valence-corrected chi connectivity index (χ4v) is 5.23. The van der Waals surface area contributed by atoms with Crippen molar-refractivity contribution in [3.05, 3.63) is 65.2 Å². The average molecular weight is 399 g/mol. The summed E-state index contributed by atoms with van der Waals surface area (Å²) in [6, 6.07) is 15.1. The van der Waals surface area contributed by atoms with E-state index in [4.69, 9.17) is 5.41 Å². The van der Waals surface area contributed by atoms with E-state index in [0.29, 0.717) is 23.7 Å². The van der Waals surface area contributed by atoms with Gasteiger partial charge < -0.3 is 5.41 Å². The quantitative estimate of drug-likeness (QED) is 0.745. The monoisotopic (exact) mass is 398 g/mol. The summed E-state index contributed by atoms with van der Waals surface area (Å²) in [4.78, 5) is 0.369. The van der Waals surface area contributed by atoms with E-state index in [1.54, 1.807) is 16.4 Å². The number of nitrogens with zero attached hydrogens (tertiary/aromatic N) is 1. The minimum absolute atomic E-state index is 0.216. The Labute approximate surface area is 169 Å². The Kier molecular flexibility index (Phi) is 5.78. The number of nitrogens with one attached hydrogen (secondary N) is 1. The molecular formula is C23H30N2O2S. The van der Waals surface area contributed by atoms with Crippen molar-refractivity contribution in [2.24, 2.45) is 11.3 Å². The summed E-state index contributed by atoms with van der Waals surface area (Å²) < 4.78 is 27.5. The SMILES string of the molecule is Cc1ccc(S(=O)(=O)N2CCC(Cc3ccccc3C(=N)C(C)(C)C)C2)cc1. The van der Waals surface area contributed by atoms with Crippen LogP contribution in [0.5, 0.6) is 0 Å². The van der Waals surface area contributed by atoms with Crippen LogP contribution in [0.25, 0.3) is 0 Å². The molecular weight excluding hydrogens is 368 g/mol. The molecule has 4 nitrogen and oxygen atoms in total. The molecule has 1 aliphatic heterocycles. The van der Waals surface area contributed by atoms with Crippen molar-refractivity contribution in [2.45, 2.75) is 45.4 Å². The first-order chi connectivity index (χ1) is 13.1. The standard InChI is InChI=1S/C23H30N2O2S/c1-17-9-11-20(12-10-17)28(26,27)25-14-13-18(16-25)15-19-7-5-6-8-21(19)22(24)23(2,3)4/h5-12,18,24H,13-16H2,1-4H3. The second-order valence-corrected chi connectivity index (χ2v) is 10.8. The van der Waals surface area contributed by atoms with Gasteiger partial charge in [0, 0.05) is 24.2 Å². The second-order valence-electron chi connectivity index (χ2n) is 8.82. The minimum Gasteiger partial charge on any atom is -0.304 e. The molecule has 5 heteroatoms. The highest BCUT2D eigenvalue weighted by Gasteiger charge is 2.33. The molecule has 3 rings (SSSR count). The summed E-state index contributed by atoms with van der Waals surface area (Å²) in [7, 11) is -3.44. The zero-order chi connectivity index (χ0) is 20.5. The van der Waals surface area contributed by atoms with Crippen molar-refractivity contribution in [3.8, 4) is 0 Å². The van der Waals surface area contributed by atoms with E-state index in [0.717, 1.165) is 29.5 Å². The molecule has 0 aromatic heterocycles. The molecule has 1 heterocycles. The molecule has 0 saturated carbocycles. The number of rotatable bonds is 5. The molecule has 0 aliphatic carbocycles. The third-order valence-corrected chi connectivity index (χ3v) is 7.33. The summed E-state index contributed by atoms with van der Waals surface area (Å²) in [5, 5.41) is 8.56. The maximum absolute atomic E-state index is 12.9. The molecule has 0 bridgehead atoms. The molecule has 0 amide bonds. The summed E-state index contributed by atoms with van der Waals surface area (Å²) in [5.41, 5.74) is 3.59. The third-order valence-electron chi connectivity index (χ3n) is 5.45. The Balaban J connectivity index is 1.75. The second kappa shape index (κ2) is 7.80. The van der Waals surface area contributed by atoms with Gasteiger partial charge in [0.1, 0.15) is 0 Å². The number of hydrogen-bond acceptors (Lipinski definition) is 3. The van der Waals surface area contributed by atoms with Crippen molar-refractivity contribution in [3.63, 3.8) is 0 Å². The lowest BCUT2D eigenvalue weighted by Gasteiger charge is -2.23. The lowest BCUT2D eigenvalue weighted by atomic mass is 9.82. The van der Waals surface area contributed by atoms with Crippen LogP contribution in [0.15, 0.2) is 53.4 Å². The van der Waals surface area contributed by atoms with Gasteiger partial charge >= 0.3 is 0 Å². The highest BCUT2D eigenvalue weighted by Crippen LogP contribution is 2.29. The molecule has 1 fully saturated rings. The molecule has 2 aromatic carbocycles. The van der Waals surface area contributed by atoms with Crippen LogP contribution >= 0.6 is 0 Å². The van der Waals surface area contributed by atoms with Crippen LogP contribution in [-0.2, 0) is 16.4 Å². The van der Waals surface area contributed by atoms with Gasteiger partial charge in [-0.3, -0.25) is 0 Å². The lowest BCUT2D eigenvalue weighted by Crippen LogP contribution is -2.29. The van der Waals surface area contributed by atoms with Crippen LogP contribution in [0, 0.1) is 23.7 Å². The normalized spacial score (nSPS) is 18.4. The number of sulfonamides is 1. The van der Waals surface area contributed by atoms with Crippen molar-refractivity contribution in [1.29, 1.82) is 5.41 Å². The fourth-order valence-electron chi connectivity index (χ4n) is 3.70. The topological polar surface area (TPSA) is 61.2 Å². The van der Waals surface area contributed by atoms with Gasteiger partial charge in [-0.1, -0.05) is 62.7 Å². The summed E-state index contributed by atoms with van der Waals surface area (Å²) >= 11 is 0. The highest BCUT2D eigenvalue weighted by atomic mass is 32.2. The number of hydrogen-bond donors (Lipinski definition) is 1. The molecule has 150 valence electrons. The van der Waals surface area contributed by atoms with E-state index in [1.807, 2.05) is 37.3 Å². The first-order valence-corrected chi connectivity index (χ1v) is 11.3. The molecule has 1 N–H and O–H groups in total. The highest BCUT2D eigenvalue weighted by molar-refractivity contribution is 7.89. The zero-order valence-electron chi connectivity index (χ0n) is 17.2. The predicted octanol–water partition coefficient (Wildman–Crippen LogP) is 4.66. The van der Waals surface area contributed by atoms with Gasteiger partial charge in [-0.2, -0.15) is 4.31 Å². The lowest BCUT2D eigenvalue weighted by molar-refractivity contribution is 0.456. The molecule has 1 saturated heterocycles. The van der Waals surface area contributed by atoms with E-state index in [9.17, 15) is 8.42 Å². The average Bonchev–Trinajstić information content (AvgIpc) is 3.10. The van der Waals surface area contributed by atoms with Gasteiger partial charge in [0.05, 0.1) is 4.90 Å². The number of aryl methyl sites for hydroxylation is 1. The van der Waals surface area contributed by atoms with Crippen LogP contribution < -0.4 is 0 Å². The molecule has 0 radical (unpaired) electrons. The van der Waals surface area contributed by atoms with Gasteiger partial charge in [0.25, 0.3) is 0 Å². The summed E-state index contributed by atoms with van der Waals surface area (Å²) in [5.74, 6) is 0.272. The van der Waals surface area contributed by atoms with E-state index < -0.39 is 10.0 Å². The van der Waals surface area contributed by atoms with Crippen LogP contribution in [0.3, 0.4) is 0 Å². The zero-order valence-corrected chi connectivity index (χ0v) is 18.0. The molecule has 1 aliphatic rings. The largest absolute Gasteiger partial charge is 0.304 e. The fraction of sp³-hybridized carbons (Fsp3) is 0.435. The first-order valence-electron chi connectivity index (χ1n) is 9.83. The Hall–Kier alpha value is -1.98. The van der Waals surface area contributed by atoms with E-state index in [2.05, 4.69) is 26.8 Å². The number of benzene rings is 2. The van der Waals surface area contributed by atoms with E-state index in [-0.39, 0.29) is 11.3 Å². The van der Waals surface area contributed by atoms with Crippen LogP contribution in [-0.4, -0.2) is 31.5 Å². The molecule has 0 spiro atoms.